The Bertz CT molecular complexity index is 218. The predicted octanol–water partition coefficient (Wildman–Crippen LogP) is 0.780. The molecule has 0 saturated carbocycles. The highest BCUT2D eigenvalue weighted by Crippen LogP contribution is 2.16. The van der Waals surface area contributed by atoms with Gasteiger partial charge in [0.15, 0.2) is 0 Å². The molecule has 0 spiro atoms. The Hall–Kier alpha value is -0.610. The Balaban J connectivity index is 1.75. The van der Waals surface area contributed by atoms with Gasteiger partial charge in [0.1, 0.15) is 0 Å². The third kappa shape index (κ3) is 2.92. The van der Waals surface area contributed by atoms with Crippen LogP contribution in [0.5, 0.6) is 0 Å². The summed E-state index contributed by atoms with van der Waals surface area (Å²) < 4.78 is 5.56. The summed E-state index contributed by atoms with van der Waals surface area (Å²) in [5, 5.41) is 8.04. The summed E-state index contributed by atoms with van der Waals surface area (Å²) in [5.41, 5.74) is 0. The summed E-state index contributed by atoms with van der Waals surface area (Å²) in [6.45, 7) is 5.05. The van der Waals surface area contributed by atoms with Crippen LogP contribution in [0.4, 0.5) is 0 Å². The zero-order valence-electron chi connectivity index (χ0n) is 9.54. The van der Waals surface area contributed by atoms with E-state index in [1.54, 1.807) is 0 Å². The molecule has 2 rings (SSSR count). The third-order valence-corrected chi connectivity index (χ3v) is 3.33. The van der Waals surface area contributed by atoms with Crippen molar-refractivity contribution >= 4 is 5.84 Å². The summed E-state index contributed by atoms with van der Waals surface area (Å²) in [5.74, 6) is 0.773. The molecule has 0 aromatic carbocycles. The number of ether oxygens (including phenoxy) is 1. The largest absolute Gasteiger partial charge is 0.378 e. The number of piperazine rings is 1. The highest BCUT2D eigenvalue weighted by atomic mass is 16.5. The van der Waals surface area contributed by atoms with E-state index in [1.807, 2.05) is 0 Å². The van der Waals surface area contributed by atoms with Crippen LogP contribution in [-0.2, 0) is 4.74 Å². The van der Waals surface area contributed by atoms with Crippen LogP contribution in [0.3, 0.4) is 0 Å². The van der Waals surface area contributed by atoms with Gasteiger partial charge in [-0.2, -0.15) is 0 Å². The summed E-state index contributed by atoms with van der Waals surface area (Å²) in [6, 6.07) is 0. The van der Waals surface area contributed by atoms with Crippen molar-refractivity contribution in [2.24, 2.45) is 0 Å². The van der Waals surface area contributed by atoms with E-state index >= 15 is 0 Å². The molecule has 4 heteroatoms. The van der Waals surface area contributed by atoms with E-state index in [9.17, 15) is 0 Å². The number of likely N-dealkylation sites (N-methyl/N-ethyl adjacent to an activating group) is 1. The van der Waals surface area contributed by atoms with Gasteiger partial charge in [-0.1, -0.05) is 0 Å². The van der Waals surface area contributed by atoms with Crippen molar-refractivity contribution < 1.29 is 4.74 Å². The first-order chi connectivity index (χ1) is 7.25. The Morgan fingerprint density at radius 1 is 1.33 bits per heavy atom. The van der Waals surface area contributed by atoms with E-state index in [0.717, 1.165) is 51.5 Å². The molecule has 2 saturated heterocycles. The van der Waals surface area contributed by atoms with E-state index < -0.39 is 0 Å². The molecular weight excluding hydrogens is 190 g/mol. The van der Waals surface area contributed by atoms with Gasteiger partial charge < -0.3 is 14.5 Å². The molecular formula is C11H21N3O. The molecule has 0 radical (unpaired) electrons. The molecule has 2 fully saturated rings. The van der Waals surface area contributed by atoms with Crippen molar-refractivity contribution in [3.8, 4) is 0 Å². The van der Waals surface area contributed by atoms with Crippen LogP contribution in [-0.4, -0.2) is 61.6 Å². The predicted molar refractivity (Wildman–Crippen MR) is 60.4 cm³/mol. The van der Waals surface area contributed by atoms with Crippen LogP contribution < -0.4 is 0 Å². The fourth-order valence-electron chi connectivity index (χ4n) is 2.23. The highest BCUT2D eigenvalue weighted by molar-refractivity contribution is 5.79. The molecule has 1 unspecified atom stereocenters. The van der Waals surface area contributed by atoms with E-state index in [0.29, 0.717) is 6.10 Å². The molecule has 15 heavy (non-hydrogen) atoms. The van der Waals surface area contributed by atoms with Gasteiger partial charge in [-0.05, 0) is 19.9 Å². The minimum Gasteiger partial charge on any atom is -0.378 e. The highest BCUT2D eigenvalue weighted by Gasteiger charge is 2.22. The summed E-state index contributed by atoms with van der Waals surface area (Å²) >= 11 is 0. The maximum Gasteiger partial charge on any atom is 0.0984 e. The maximum absolute atomic E-state index is 8.04. The van der Waals surface area contributed by atoms with Crippen molar-refractivity contribution in [3.05, 3.63) is 0 Å². The van der Waals surface area contributed by atoms with Gasteiger partial charge in [0, 0.05) is 39.2 Å². The first-order valence-corrected chi connectivity index (χ1v) is 5.88. The zero-order valence-corrected chi connectivity index (χ0v) is 9.54. The normalized spacial score (nSPS) is 28.3. The van der Waals surface area contributed by atoms with Crippen molar-refractivity contribution in [3.63, 3.8) is 0 Å². The van der Waals surface area contributed by atoms with E-state index in [4.69, 9.17) is 10.1 Å². The van der Waals surface area contributed by atoms with Gasteiger partial charge in [0.2, 0.25) is 0 Å². The first-order valence-electron chi connectivity index (χ1n) is 5.88. The Kier molecular flexibility index (Phi) is 3.59. The monoisotopic (exact) mass is 211 g/mol. The first kappa shape index (κ1) is 10.9. The van der Waals surface area contributed by atoms with Gasteiger partial charge in [-0.3, -0.25) is 5.41 Å². The molecule has 0 aromatic rings. The van der Waals surface area contributed by atoms with Crippen molar-refractivity contribution in [1.29, 1.82) is 5.41 Å². The topological polar surface area (TPSA) is 39.6 Å². The van der Waals surface area contributed by atoms with Gasteiger partial charge in [0.05, 0.1) is 11.9 Å². The fourth-order valence-corrected chi connectivity index (χ4v) is 2.23. The molecule has 0 aromatic heterocycles. The van der Waals surface area contributed by atoms with E-state index in [1.165, 1.54) is 6.42 Å². The molecule has 2 heterocycles. The molecule has 0 amide bonds. The number of nitrogens with one attached hydrogen (secondary N) is 1. The molecule has 2 aliphatic heterocycles. The SMILES string of the molecule is CN1CCN(C(=N)CC2CCCO2)CC1. The fraction of sp³-hybridized carbons (Fsp3) is 0.909. The summed E-state index contributed by atoms with van der Waals surface area (Å²) in [4.78, 5) is 4.51. The number of hydrogen-bond donors (Lipinski definition) is 1. The van der Waals surface area contributed by atoms with Crippen LogP contribution in [0.15, 0.2) is 0 Å². The lowest BCUT2D eigenvalue weighted by Crippen LogP contribution is -2.47. The second kappa shape index (κ2) is 4.94. The van der Waals surface area contributed by atoms with Crippen molar-refractivity contribution in [1.82, 2.24) is 9.80 Å². The van der Waals surface area contributed by atoms with Gasteiger partial charge in [-0.25, -0.2) is 0 Å². The number of hydrogen-bond acceptors (Lipinski definition) is 3. The van der Waals surface area contributed by atoms with Crippen LogP contribution in [0.25, 0.3) is 0 Å². The molecule has 0 aliphatic carbocycles. The number of rotatable bonds is 2. The second-order valence-corrected chi connectivity index (χ2v) is 4.58. The number of amidine groups is 1. The molecule has 1 N–H and O–H groups in total. The van der Waals surface area contributed by atoms with Gasteiger partial charge in [-0.15, -0.1) is 0 Å². The smallest absolute Gasteiger partial charge is 0.0984 e. The molecule has 0 bridgehead atoms. The van der Waals surface area contributed by atoms with E-state index in [-0.39, 0.29) is 0 Å². The maximum atomic E-state index is 8.04. The van der Waals surface area contributed by atoms with Crippen LogP contribution in [0, 0.1) is 5.41 Å². The lowest BCUT2D eigenvalue weighted by atomic mass is 10.1. The summed E-state index contributed by atoms with van der Waals surface area (Å²) in [6.07, 6.45) is 3.43. The quantitative estimate of drug-likeness (QED) is 0.542. The molecule has 86 valence electrons. The average Bonchev–Trinajstić information content (AvgIpc) is 2.71. The average molecular weight is 211 g/mol. The van der Waals surface area contributed by atoms with Crippen LogP contribution in [0.2, 0.25) is 0 Å². The summed E-state index contributed by atoms with van der Waals surface area (Å²) in [7, 11) is 2.14. The third-order valence-electron chi connectivity index (χ3n) is 3.33. The Morgan fingerprint density at radius 2 is 2.07 bits per heavy atom. The second-order valence-electron chi connectivity index (χ2n) is 4.58. The lowest BCUT2D eigenvalue weighted by Gasteiger charge is -2.34. The minimum atomic E-state index is 0.317. The molecule has 4 nitrogen and oxygen atoms in total. The van der Waals surface area contributed by atoms with Crippen LogP contribution in [0.1, 0.15) is 19.3 Å². The number of nitrogens with zero attached hydrogens (tertiary/aromatic N) is 2. The van der Waals surface area contributed by atoms with Gasteiger partial charge >= 0.3 is 0 Å². The Morgan fingerprint density at radius 3 is 2.67 bits per heavy atom. The Labute approximate surface area is 91.7 Å². The molecule has 2 aliphatic rings. The zero-order chi connectivity index (χ0) is 10.7. The van der Waals surface area contributed by atoms with Gasteiger partial charge in [0.25, 0.3) is 0 Å². The van der Waals surface area contributed by atoms with E-state index in [2.05, 4.69) is 16.8 Å². The van der Waals surface area contributed by atoms with Crippen molar-refractivity contribution in [2.45, 2.75) is 25.4 Å². The minimum absolute atomic E-state index is 0.317. The molecule has 1 atom stereocenters. The van der Waals surface area contributed by atoms with Crippen molar-refractivity contribution in [2.75, 3.05) is 39.8 Å². The standard InChI is InChI=1S/C11H21N3O/c1-13-4-6-14(7-5-13)11(12)9-10-3-2-8-15-10/h10,12H,2-9H2,1H3. The lowest BCUT2D eigenvalue weighted by molar-refractivity contribution is 0.112. The van der Waals surface area contributed by atoms with Crippen LogP contribution >= 0.6 is 0 Å².